The van der Waals surface area contributed by atoms with Crippen LogP contribution in [0.1, 0.15) is 32.4 Å². The lowest BCUT2D eigenvalue weighted by atomic mass is 9.94. The van der Waals surface area contributed by atoms with E-state index < -0.39 is 6.04 Å². The number of nitrogens with one attached hydrogen (secondary N) is 2. The largest absolute Gasteiger partial charge is 0.490 e. The van der Waals surface area contributed by atoms with Gasteiger partial charge in [-0.05, 0) is 66.5 Å². The molecular formula is C23H24BrN5O3. The molecule has 0 bridgehead atoms. The van der Waals surface area contributed by atoms with Crippen molar-refractivity contribution in [1.29, 1.82) is 0 Å². The van der Waals surface area contributed by atoms with Gasteiger partial charge in [-0.3, -0.25) is 4.79 Å². The monoisotopic (exact) mass is 497 g/mol. The van der Waals surface area contributed by atoms with Gasteiger partial charge in [-0.2, -0.15) is 10.1 Å². The fourth-order valence-corrected chi connectivity index (χ4v) is 4.28. The van der Waals surface area contributed by atoms with Crippen LogP contribution in [-0.4, -0.2) is 33.9 Å². The summed E-state index contributed by atoms with van der Waals surface area (Å²) in [7, 11) is 0. The molecule has 1 unspecified atom stereocenters. The summed E-state index contributed by atoms with van der Waals surface area (Å²) >= 11 is 3.61. The second-order valence-electron chi connectivity index (χ2n) is 7.11. The second-order valence-corrected chi connectivity index (χ2v) is 7.96. The van der Waals surface area contributed by atoms with Gasteiger partial charge in [0.1, 0.15) is 12.4 Å². The van der Waals surface area contributed by atoms with Crippen molar-refractivity contribution in [3.8, 4) is 11.5 Å². The number of hydrogen-bond acceptors (Lipinski definition) is 6. The summed E-state index contributed by atoms with van der Waals surface area (Å²) in [6.07, 6.45) is 1.47. The lowest BCUT2D eigenvalue weighted by Gasteiger charge is -2.29. The summed E-state index contributed by atoms with van der Waals surface area (Å²) in [4.78, 5) is 17.7. The van der Waals surface area contributed by atoms with Crippen LogP contribution in [0, 0.1) is 0 Å². The molecule has 0 radical (unpaired) electrons. The van der Waals surface area contributed by atoms with E-state index in [4.69, 9.17) is 9.47 Å². The van der Waals surface area contributed by atoms with Gasteiger partial charge < -0.3 is 20.1 Å². The zero-order valence-electron chi connectivity index (χ0n) is 18.1. The molecule has 3 aromatic rings. The number of carbonyl (C=O) groups is 1. The Bertz CT molecular complexity index is 1160. The molecule has 1 aliphatic heterocycles. The van der Waals surface area contributed by atoms with Gasteiger partial charge in [0.05, 0.1) is 23.3 Å². The number of hydrogen-bond donors (Lipinski definition) is 2. The van der Waals surface area contributed by atoms with Gasteiger partial charge in [-0.15, -0.1) is 0 Å². The fraction of sp³-hybridized carbons (Fsp3) is 0.261. The quantitative estimate of drug-likeness (QED) is 0.488. The van der Waals surface area contributed by atoms with E-state index in [9.17, 15) is 4.79 Å². The Morgan fingerprint density at radius 3 is 2.66 bits per heavy atom. The van der Waals surface area contributed by atoms with Crippen molar-refractivity contribution >= 4 is 33.5 Å². The Kier molecular flexibility index (Phi) is 6.45. The standard InChI is InChI=1S/C23H24BrN5O3/c1-4-31-18-12-15(11-17(24)21(18)32-5-2)20-19(14(3)27-23-25-13-26-29(20)23)22(30)28-16-9-7-6-8-10-16/h6-13,20H,4-5H2,1-3H3,(H,28,30)(H,25,26,27). The van der Waals surface area contributed by atoms with Crippen molar-refractivity contribution in [2.45, 2.75) is 26.8 Å². The molecule has 1 aromatic heterocycles. The number of ether oxygens (including phenoxy) is 2. The number of halogens is 1. The van der Waals surface area contributed by atoms with Crippen LogP contribution in [0.2, 0.25) is 0 Å². The first-order valence-electron chi connectivity index (χ1n) is 10.4. The molecule has 32 heavy (non-hydrogen) atoms. The highest BCUT2D eigenvalue weighted by Gasteiger charge is 2.34. The minimum absolute atomic E-state index is 0.227. The van der Waals surface area contributed by atoms with Crippen LogP contribution < -0.4 is 20.1 Å². The number of carbonyl (C=O) groups excluding carboxylic acids is 1. The minimum atomic E-state index is -0.511. The summed E-state index contributed by atoms with van der Waals surface area (Å²) < 4.78 is 14.1. The molecule has 8 nitrogen and oxygen atoms in total. The number of nitrogens with zero attached hydrogens (tertiary/aromatic N) is 3. The van der Waals surface area contributed by atoms with Crippen molar-refractivity contribution in [2.24, 2.45) is 0 Å². The number of aromatic nitrogens is 3. The summed E-state index contributed by atoms with van der Waals surface area (Å²) in [6, 6.07) is 12.7. The predicted molar refractivity (Wildman–Crippen MR) is 126 cm³/mol. The number of amides is 1. The van der Waals surface area contributed by atoms with Crippen LogP contribution in [0.3, 0.4) is 0 Å². The molecule has 9 heteroatoms. The lowest BCUT2D eigenvalue weighted by molar-refractivity contribution is -0.113. The van der Waals surface area contributed by atoms with E-state index in [0.717, 1.165) is 10.0 Å². The van der Waals surface area contributed by atoms with Crippen LogP contribution in [-0.2, 0) is 4.79 Å². The van der Waals surface area contributed by atoms with Crippen molar-refractivity contribution in [3.63, 3.8) is 0 Å². The predicted octanol–water partition coefficient (Wildman–Crippen LogP) is 4.77. The summed E-state index contributed by atoms with van der Waals surface area (Å²) in [5.74, 6) is 1.56. The minimum Gasteiger partial charge on any atom is -0.490 e. The van der Waals surface area contributed by atoms with Crippen molar-refractivity contribution in [1.82, 2.24) is 14.8 Å². The van der Waals surface area contributed by atoms with Gasteiger partial charge in [0.2, 0.25) is 5.95 Å². The Morgan fingerprint density at radius 1 is 1.19 bits per heavy atom. The molecule has 1 amide bonds. The lowest BCUT2D eigenvalue weighted by Crippen LogP contribution is -2.31. The third-order valence-electron chi connectivity index (χ3n) is 5.01. The Balaban J connectivity index is 1.82. The smallest absolute Gasteiger partial charge is 0.255 e. The van der Waals surface area contributed by atoms with Gasteiger partial charge >= 0.3 is 0 Å². The van der Waals surface area contributed by atoms with Crippen LogP contribution in [0.5, 0.6) is 11.5 Å². The van der Waals surface area contributed by atoms with E-state index in [2.05, 4.69) is 36.6 Å². The number of para-hydroxylation sites is 1. The summed E-state index contributed by atoms with van der Waals surface area (Å²) in [6.45, 7) is 6.68. The third kappa shape index (κ3) is 4.20. The summed E-state index contributed by atoms with van der Waals surface area (Å²) in [5.41, 5.74) is 2.76. The molecule has 1 aliphatic rings. The molecule has 166 valence electrons. The highest BCUT2D eigenvalue weighted by Crippen LogP contribution is 2.42. The first-order chi connectivity index (χ1) is 15.5. The maximum atomic E-state index is 13.4. The molecule has 2 aromatic carbocycles. The van der Waals surface area contributed by atoms with E-state index in [0.29, 0.717) is 47.6 Å². The van der Waals surface area contributed by atoms with Crippen LogP contribution in [0.15, 0.2) is 64.5 Å². The molecule has 4 rings (SSSR count). The van der Waals surface area contributed by atoms with Crippen LogP contribution in [0.4, 0.5) is 11.6 Å². The molecule has 0 saturated heterocycles. The van der Waals surface area contributed by atoms with Crippen molar-refractivity contribution in [2.75, 3.05) is 23.8 Å². The molecule has 2 heterocycles. The van der Waals surface area contributed by atoms with Gasteiger partial charge in [-0.1, -0.05) is 18.2 Å². The molecule has 1 atom stereocenters. The maximum absolute atomic E-state index is 13.4. The second kappa shape index (κ2) is 9.44. The zero-order chi connectivity index (χ0) is 22.7. The first kappa shape index (κ1) is 21.9. The van der Waals surface area contributed by atoms with E-state index in [1.807, 2.05) is 63.2 Å². The SMILES string of the molecule is CCOc1cc(C2C(C(=O)Nc3ccccc3)=C(C)Nc3ncnn32)cc(Br)c1OCC. The Morgan fingerprint density at radius 2 is 1.94 bits per heavy atom. The number of fused-ring (bicyclic) bond motifs is 1. The Hall–Kier alpha value is -3.33. The number of allylic oxidation sites excluding steroid dienone is 1. The molecule has 0 fully saturated rings. The molecule has 0 saturated carbocycles. The highest BCUT2D eigenvalue weighted by molar-refractivity contribution is 9.10. The van der Waals surface area contributed by atoms with E-state index >= 15 is 0 Å². The van der Waals surface area contributed by atoms with Gasteiger partial charge in [0.15, 0.2) is 11.5 Å². The van der Waals surface area contributed by atoms with Crippen molar-refractivity contribution < 1.29 is 14.3 Å². The average Bonchev–Trinajstić information content (AvgIpc) is 3.23. The number of anilines is 2. The van der Waals surface area contributed by atoms with E-state index in [-0.39, 0.29) is 5.91 Å². The van der Waals surface area contributed by atoms with Gasteiger partial charge in [0, 0.05) is 11.4 Å². The number of benzene rings is 2. The van der Waals surface area contributed by atoms with Crippen LogP contribution >= 0.6 is 15.9 Å². The molecule has 0 spiro atoms. The average molecular weight is 498 g/mol. The zero-order valence-corrected chi connectivity index (χ0v) is 19.6. The Labute approximate surface area is 194 Å². The normalized spacial score (nSPS) is 15.1. The molecule has 2 N–H and O–H groups in total. The molecule has 0 aliphatic carbocycles. The van der Waals surface area contributed by atoms with E-state index in [1.54, 1.807) is 4.68 Å². The topological polar surface area (TPSA) is 90.3 Å². The summed E-state index contributed by atoms with van der Waals surface area (Å²) in [5, 5.41) is 10.6. The van der Waals surface area contributed by atoms with Crippen molar-refractivity contribution in [3.05, 3.63) is 70.1 Å². The van der Waals surface area contributed by atoms with Gasteiger partial charge in [0.25, 0.3) is 5.91 Å². The molecular weight excluding hydrogens is 474 g/mol. The van der Waals surface area contributed by atoms with Gasteiger partial charge in [-0.25, -0.2) is 4.68 Å². The number of rotatable bonds is 7. The first-order valence-corrected chi connectivity index (χ1v) is 11.2. The third-order valence-corrected chi connectivity index (χ3v) is 5.60. The fourth-order valence-electron chi connectivity index (χ4n) is 3.71. The maximum Gasteiger partial charge on any atom is 0.255 e. The van der Waals surface area contributed by atoms with E-state index in [1.165, 1.54) is 6.33 Å². The highest BCUT2D eigenvalue weighted by atomic mass is 79.9. The van der Waals surface area contributed by atoms with Crippen LogP contribution in [0.25, 0.3) is 0 Å².